The average molecular weight is 400 g/mol. The Bertz CT molecular complexity index is 1140. The Morgan fingerprint density at radius 1 is 1.11 bits per heavy atom. The first-order valence-electron chi connectivity index (χ1n) is 8.43. The van der Waals surface area contributed by atoms with Crippen molar-refractivity contribution in [2.24, 2.45) is 4.99 Å². The molecule has 0 radical (unpaired) electrons. The van der Waals surface area contributed by atoms with Crippen LogP contribution in [-0.2, 0) is 6.42 Å². The molecule has 0 bridgehead atoms. The second-order valence-electron chi connectivity index (χ2n) is 6.10. The van der Waals surface area contributed by atoms with Crippen LogP contribution in [0.15, 0.2) is 58.4 Å². The van der Waals surface area contributed by atoms with Crippen molar-refractivity contribution in [2.45, 2.75) is 19.6 Å². The average Bonchev–Trinajstić information content (AvgIpc) is 2.77. The molecule has 1 unspecified atom stereocenters. The number of aromatic nitrogens is 2. The molecular formula is C20H15Cl2N3O2. The lowest BCUT2D eigenvalue weighted by molar-refractivity contribution is 0.176. The number of hydrogen-bond acceptors (Lipinski definition) is 4. The zero-order chi connectivity index (χ0) is 19.1. The molecule has 27 heavy (non-hydrogen) atoms. The maximum Gasteiger partial charge on any atom is 0.273 e. The van der Waals surface area contributed by atoms with Gasteiger partial charge in [0.2, 0.25) is 6.23 Å². The van der Waals surface area contributed by atoms with Crippen molar-refractivity contribution in [3.05, 3.63) is 91.6 Å². The normalized spacial score (nSPS) is 15.6. The summed E-state index contributed by atoms with van der Waals surface area (Å²) >= 11 is 12.9. The fraction of sp³-hybridized carbons (Fsp3) is 0.150. The van der Waals surface area contributed by atoms with E-state index in [1.807, 2.05) is 31.2 Å². The standard InChI is InChI=1S/C20H15Cl2N3O2/c1-2-11-14(22)7-8-15-17(11)18(12-5-3-4-6-13(12)21)24-20(27)19-23-16(26)9-10-25(15)19/h3-10,20,27H,2H2,1H3. The summed E-state index contributed by atoms with van der Waals surface area (Å²) in [6.45, 7) is 2.00. The van der Waals surface area contributed by atoms with Gasteiger partial charge in [-0.1, -0.05) is 48.3 Å². The summed E-state index contributed by atoms with van der Waals surface area (Å²) < 4.78 is 1.67. The van der Waals surface area contributed by atoms with E-state index in [4.69, 9.17) is 23.2 Å². The summed E-state index contributed by atoms with van der Waals surface area (Å²) in [5.41, 5.74) is 3.12. The van der Waals surface area contributed by atoms with Crippen molar-refractivity contribution in [1.29, 1.82) is 0 Å². The molecule has 1 aliphatic heterocycles. The third-order valence-electron chi connectivity index (χ3n) is 4.53. The van der Waals surface area contributed by atoms with E-state index in [1.54, 1.807) is 22.9 Å². The summed E-state index contributed by atoms with van der Waals surface area (Å²) in [6.07, 6.45) is 0.927. The lowest BCUT2D eigenvalue weighted by atomic mass is 9.94. The number of fused-ring (bicyclic) bond motifs is 3. The van der Waals surface area contributed by atoms with Crippen LogP contribution in [-0.4, -0.2) is 20.4 Å². The minimum Gasteiger partial charge on any atom is -0.365 e. The molecule has 2 heterocycles. The molecule has 1 atom stereocenters. The fourth-order valence-corrected chi connectivity index (χ4v) is 3.84. The van der Waals surface area contributed by atoms with Gasteiger partial charge < -0.3 is 9.67 Å². The van der Waals surface area contributed by atoms with E-state index >= 15 is 0 Å². The summed E-state index contributed by atoms with van der Waals surface area (Å²) in [4.78, 5) is 20.2. The Labute approximate surface area is 165 Å². The number of aliphatic hydroxyl groups is 1. The highest BCUT2D eigenvalue weighted by Crippen LogP contribution is 2.35. The molecule has 1 aromatic heterocycles. The lowest BCUT2D eigenvalue weighted by Gasteiger charge is -2.18. The molecule has 0 amide bonds. The minimum absolute atomic E-state index is 0.148. The molecule has 1 aliphatic rings. The molecule has 0 spiro atoms. The van der Waals surface area contributed by atoms with Gasteiger partial charge in [-0.15, -0.1) is 0 Å². The van der Waals surface area contributed by atoms with Crippen LogP contribution in [0, 0.1) is 0 Å². The fourth-order valence-electron chi connectivity index (χ4n) is 3.33. The largest absolute Gasteiger partial charge is 0.365 e. The third-order valence-corrected chi connectivity index (χ3v) is 5.22. The molecule has 4 rings (SSSR count). The number of aliphatic imine (C=N–C) groups is 1. The topological polar surface area (TPSA) is 67.5 Å². The SMILES string of the molecule is CCc1c(Cl)ccc2c1C(c1ccccc1Cl)=NC(O)c1nc(=O)ccn1-2. The van der Waals surface area contributed by atoms with Gasteiger partial charge in [0.25, 0.3) is 5.56 Å². The number of aliphatic hydroxyl groups excluding tert-OH is 1. The molecule has 3 aromatic rings. The predicted molar refractivity (Wildman–Crippen MR) is 106 cm³/mol. The molecular weight excluding hydrogens is 385 g/mol. The van der Waals surface area contributed by atoms with Gasteiger partial charge in [0.1, 0.15) is 0 Å². The van der Waals surface area contributed by atoms with Crippen molar-refractivity contribution in [2.75, 3.05) is 0 Å². The van der Waals surface area contributed by atoms with Crippen LogP contribution in [0.2, 0.25) is 10.0 Å². The second-order valence-corrected chi connectivity index (χ2v) is 6.91. The Balaban J connectivity index is 2.15. The number of halogens is 2. The molecule has 136 valence electrons. The quantitative estimate of drug-likeness (QED) is 0.709. The van der Waals surface area contributed by atoms with Crippen molar-refractivity contribution < 1.29 is 5.11 Å². The van der Waals surface area contributed by atoms with E-state index in [9.17, 15) is 9.90 Å². The first-order chi connectivity index (χ1) is 13.0. The maximum absolute atomic E-state index is 11.8. The zero-order valence-corrected chi connectivity index (χ0v) is 15.9. The van der Waals surface area contributed by atoms with E-state index in [1.165, 1.54) is 6.07 Å². The second kappa shape index (κ2) is 6.93. The Morgan fingerprint density at radius 3 is 2.63 bits per heavy atom. The lowest BCUT2D eigenvalue weighted by Crippen LogP contribution is -2.17. The van der Waals surface area contributed by atoms with Gasteiger partial charge in [-0.3, -0.25) is 4.79 Å². The van der Waals surface area contributed by atoms with Gasteiger partial charge in [-0.2, -0.15) is 4.98 Å². The highest BCUT2D eigenvalue weighted by Gasteiger charge is 2.27. The highest BCUT2D eigenvalue weighted by molar-refractivity contribution is 6.36. The van der Waals surface area contributed by atoms with E-state index in [0.29, 0.717) is 27.7 Å². The summed E-state index contributed by atoms with van der Waals surface area (Å²) in [6, 6.07) is 12.3. The van der Waals surface area contributed by atoms with Gasteiger partial charge in [0.15, 0.2) is 5.82 Å². The van der Waals surface area contributed by atoms with Gasteiger partial charge in [-0.25, -0.2) is 4.99 Å². The third kappa shape index (κ3) is 2.98. The molecule has 0 aliphatic carbocycles. The van der Waals surface area contributed by atoms with Crippen molar-refractivity contribution in [3.8, 4) is 5.69 Å². The van der Waals surface area contributed by atoms with Crippen LogP contribution in [0.1, 0.15) is 35.7 Å². The molecule has 0 saturated carbocycles. The van der Waals surface area contributed by atoms with Crippen LogP contribution in [0.5, 0.6) is 0 Å². The van der Waals surface area contributed by atoms with Crippen molar-refractivity contribution in [1.82, 2.24) is 9.55 Å². The Hall–Kier alpha value is -2.47. The first kappa shape index (κ1) is 17.9. The number of rotatable bonds is 2. The minimum atomic E-state index is -1.32. The number of hydrogen-bond donors (Lipinski definition) is 1. The predicted octanol–water partition coefficient (Wildman–Crippen LogP) is 3.94. The van der Waals surface area contributed by atoms with E-state index in [-0.39, 0.29) is 5.82 Å². The monoisotopic (exact) mass is 399 g/mol. The van der Waals surface area contributed by atoms with Gasteiger partial charge in [0, 0.05) is 33.4 Å². The highest BCUT2D eigenvalue weighted by atomic mass is 35.5. The number of benzene rings is 2. The van der Waals surface area contributed by atoms with Crippen molar-refractivity contribution >= 4 is 28.9 Å². The first-order valence-corrected chi connectivity index (χ1v) is 9.19. The van der Waals surface area contributed by atoms with Crippen LogP contribution in [0.4, 0.5) is 0 Å². The van der Waals surface area contributed by atoms with Crippen LogP contribution in [0.25, 0.3) is 5.69 Å². The molecule has 5 nitrogen and oxygen atoms in total. The van der Waals surface area contributed by atoms with E-state index < -0.39 is 11.8 Å². The van der Waals surface area contributed by atoms with E-state index in [2.05, 4.69) is 9.98 Å². The molecule has 1 N–H and O–H groups in total. The summed E-state index contributed by atoms with van der Waals surface area (Å²) in [5, 5.41) is 11.8. The molecule has 0 fully saturated rings. The van der Waals surface area contributed by atoms with Gasteiger partial charge in [0.05, 0.1) is 11.4 Å². The zero-order valence-electron chi connectivity index (χ0n) is 14.4. The maximum atomic E-state index is 11.8. The van der Waals surface area contributed by atoms with E-state index in [0.717, 1.165) is 16.8 Å². The Morgan fingerprint density at radius 2 is 1.89 bits per heavy atom. The smallest absolute Gasteiger partial charge is 0.273 e. The molecule has 7 heteroatoms. The Kier molecular flexibility index (Phi) is 4.60. The van der Waals surface area contributed by atoms with Crippen LogP contribution in [0.3, 0.4) is 0 Å². The van der Waals surface area contributed by atoms with Crippen molar-refractivity contribution in [3.63, 3.8) is 0 Å². The van der Waals surface area contributed by atoms with Crippen LogP contribution < -0.4 is 5.56 Å². The summed E-state index contributed by atoms with van der Waals surface area (Å²) in [5.74, 6) is 0.148. The van der Waals surface area contributed by atoms with Gasteiger partial charge >= 0.3 is 0 Å². The molecule has 0 saturated heterocycles. The van der Waals surface area contributed by atoms with Crippen LogP contribution >= 0.6 is 23.2 Å². The molecule has 2 aromatic carbocycles. The summed E-state index contributed by atoms with van der Waals surface area (Å²) in [7, 11) is 0. The van der Waals surface area contributed by atoms with Gasteiger partial charge in [-0.05, 0) is 30.2 Å². The number of nitrogens with zero attached hydrogens (tertiary/aromatic N) is 3.